The molecule has 0 aliphatic carbocycles. The van der Waals surface area contributed by atoms with E-state index >= 15 is 0 Å². The van der Waals surface area contributed by atoms with E-state index in [1.165, 1.54) is 26.1 Å². The van der Waals surface area contributed by atoms with Gasteiger partial charge in [0.1, 0.15) is 11.6 Å². The molecule has 0 spiro atoms. The van der Waals surface area contributed by atoms with Crippen molar-refractivity contribution in [2.45, 2.75) is 31.8 Å². The molecule has 0 unspecified atom stereocenters. The number of aromatic nitrogens is 2. The predicted molar refractivity (Wildman–Crippen MR) is 79.7 cm³/mol. The Bertz CT molecular complexity index is 555. The van der Waals surface area contributed by atoms with Crippen molar-refractivity contribution in [1.29, 1.82) is 0 Å². The van der Waals surface area contributed by atoms with E-state index in [9.17, 15) is 9.59 Å². The van der Waals surface area contributed by atoms with Crippen LogP contribution >= 0.6 is 11.6 Å². The Morgan fingerprint density at radius 1 is 1.67 bits per heavy atom. The van der Waals surface area contributed by atoms with Crippen LogP contribution in [0.1, 0.15) is 19.3 Å². The van der Waals surface area contributed by atoms with Crippen LogP contribution in [-0.4, -0.2) is 42.0 Å². The lowest BCUT2D eigenvalue weighted by Gasteiger charge is -2.12. The Morgan fingerprint density at radius 2 is 2.48 bits per heavy atom. The molecule has 1 aromatic heterocycles. The summed E-state index contributed by atoms with van der Waals surface area (Å²) in [6, 6.07) is 0.518. The zero-order valence-electron chi connectivity index (χ0n) is 11.9. The summed E-state index contributed by atoms with van der Waals surface area (Å²) in [6.07, 6.45) is 4.79. The molecule has 8 heteroatoms. The first-order chi connectivity index (χ1) is 10.1. The molecular formula is C13H19ClN4O3. The molecule has 0 amide bonds. The predicted octanol–water partition coefficient (Wildman–Crippen LogP) is 0.624. The standard InChI is InChI=1S/C13H19ClN4O3/c1-21-11(19)8-18-13(20)12(14)10(7-17-18)16-6-4-9-3-2-5-15-9/h7,9,15-16H,2-6,8H2,1H3/t9-/m1/s1. The molecule has 21 heavy (non-hydrogen) atoms. The van der Waals surface area contributed by atoms with Gasteiger partial charge in [0, 0.05) is 12.6 Å². The minimum Gasteiger partial charge on any atom is -0.468 e. The lowest BCUT2D eigenvalue weighted by Crippen LogP contribution is -2.29. The molecule has 1 aliphatic heterocycles. The van der Waals surface area contributed by atoms with Crippen LogP contribution in [0.2, 0.25) is 5.02 Å². The summed E-state index contributed by atoms with van der Waals surface area (Å²) >= 11 is 6.02. The lowest BCUT2D eigenvalue weighted by molar-refractivity contribution is -0.141. The van der Waals surface area contributed by atoms with Gasteiger partial charge < -0.3 is 15.4 Å². The zero-order chi connectivity index (χ0) is 15.2. The number of hydrogen-bond acceptors (Lipinski definition) is 6. The highest BCUT2D eigenvalue weighted by Crippen LogP contribution is 2.16. The Labute approximate surface area is 127 Å². The fraction of sp³-hybridized carbons (Fsp3) is 0.615. The van der Waals surface area contributed by atoms with Crippen molar-refractivity contribution in [3.8, 4) is 0 Å². The van der Waals surface area contributed by atoms with Crippen LogP contribution in [0.25, 0.3) is 0 Å². The Hall–Kier alpha value is -1.60. The number of esters is 1. The van der Waals surface area contributed by atoms with Gasteiger partial charge in [-0.2, -0.15) is 5.10 Å². The molecule has 2 heterocycles. The molecular weight excluding hydrogens is 296 g/mol. The van der Waals surface area contributed by atoms with Crippen LogP contribution in [0.3, 0.4) is 0 Å². The largest absolute Gasteiger partial charge is 0.468 e. The van der Waals surface area contributed by atoms with E-state index in [0.29, 0.717) is 18.3 Å². The quantitative estimate of drug-likeness (QED) is 0.749. The number of ether oxygens (including phenoxy) is 1. The Balaban J connectivity index is 1.95. The van der Waals surface area contributed by atoms with Gasteiger partial charge >= 0.3 is 5.97 Å². The molecule has 1 aromatic rings. The number of nitrogens with one attached hydrogen (secondary N) is 2. The van der Waals surface area contributed by atoms with Gasteiger partial charge in [0.05, 0.1) is 19.0 Å². The van der Waals surface area contributed by atoms with Crippen LogP contribution in [0.5, 0.6) is 0 Å². The minimum absolute atomic E-state index is 0.0354. The highest BCUT2D eigenvalue weighted by molar-refractivity contribution is 6.32. The van der Waals surface area contributed by atoms with E-state index in [1.54, 1.807) is 0 Å². The zero-order valence-corrected chi connectivity index (χ0v) is 12.7. The van der Waals surface area contributed by atoms with Crippen LogP contribution < -0.4 is 16.2 Å². The molecule has 2 N–H and O–H groups in total. The second-order valence-electron chi connectivity index (χ2n) is 4.92. The molecule has 7 nitrogen and oxygen atoms in total. The van der Waals surface area contributed by atoms with Crippen molar-refractivity contribution in [2.75, 3.05) is 25.5 Å². The molecule has 0 radical (unpaired) electrons. The summed E-state index contributed by atoms with van der Waals surface area (Å²) < 4.78 is 5.48. The number of methoxy groups -OCH3 is 1. The van der Waals surface area contributed by atoms with Crippen LogP contribution in [-0.2, 0) is 16.1 Å². The van der Waals surface area contributed by atoms with Crippen molar-refractivity contribution < 1.29 is 9.53 Å². The number of hydrogen-bond donors (Lipinski definition) is 2. The fourth-order valence-electron chi connectivity index (χ4n) is 2.27. The molecule has 2 rings (SSSR count). The van der Waals surface area contributed by atoms with Crippen molar-refractivity contribution in [3.63, 3.8) is 0 Å². The third kappa shape index (κ3) is 4.18. The second kappa shape index (κ2) is 7.42. The van der Waals surface area contributed by atoms with Crippen LogP contribution in [0.4, 0.5) is 5.69 Å². The SMILES string of the molecule is COC(=O)Cn1ncc(NCC[C@H]2CCCN2)c(Cl)c1=O. The summed E-state index contributed by atoms with van der Waals surface area (Å²) in [6.45, 7) is 1.53. The number of carbonyl (C=O) groups is 1. The summed E-state index contributed by atoms with van der Waals surface area (Å²) in [5, 5.41) is 10.5. The molecule has 0 bridgehead atoms. The number of rotatable bonds is 6. The first-order valence-corrected chi connectivity index (χ1v) is 7.29. The smallest absolute Gasteiger partial charge is 0.327 e. The lowest BCUT2D eigenvalue weighted by atomic mass is 10.1. The van der Waals surface area contributed by atoms with E-state index in [0.717, 1.165) is 17.6 Å². The van der Waals surface area contributed by atoms with Gasteiger partial charge in [0.2, 0.25) is 0 Å². The highest BCUT2D eigenvalue weighted by atomic mass is 35.5. The van der Waals surface area contributed by atoms with Gasteiger partial charge in [-0.15, -0.1) is 0 Å². The van der Waals surface area contributed by atoms with Crippen molar-refractivity contribution in [3.05, 3.63) is 21.6 Å². The number of nitrogens with zero attached hydrogens (tertiary/aromatic N) is 2. The Morgan fingerprint density at radius 3 is 3.14 bits per heavy atom. The molecule has 0 aromatic carbocycles. The molecule has 1 aliphatic rings. The first-order valence-electron chi connectivity index (χ1n) is 6.91. The maximum Gasteiger partial charge on any atom is 0.327 e. The topological polar surface area (TPSA) is 85.2 Å². The third-order valence-electron chi connectivity index (χ3n) is 3.46. The average molecular weight is 315 g/mol. The maximum atomic E-state index is 12.0. The van der Waals surface area contributed by atoms with Crippen molar-refractivity contribution >= 4 is 23.3 Å². The minimum atomic E-state index is -0.548. The molecule has 1 atom stereocenters. The van der Waals surface area contributed by atoms with E-state index in [-0.39, 0.29) is 11.6 Å². The first kappa shape index (κ1) is 15.8. The van der Waals surface area contributed by atoms with Crippen LogP contribution in [0, 0.1) is 0 Å². The third-order valence-corrected chi connectivity index (χ3v) is 3.83. The van der Waals surface area contributed by atoms with Gasteiger partial charge in [-0.3, -0.25) is 9.59 Å². The van der Waals surface area contributed by atoms with E-state index in [4.69, 9.17) is 11.6 Å². The summed E-state index contributed by atoms with van der Waals surface area (Å²) in [4.78, 5) is 23.1. The van der Waals surface area contributed by atoms with Gasteiger partial charge in [0.25, 0.3) is 5.56 Å². The average Bonchev–Trinajstić information content (AvgIpc) is 2.99. The van der Waals surface area contributed by atoms with Gasteiger partial charge in [0.15, 0.2) is 0 Å². The normalized spacial score (nSPS) is 17.7. The number of anilines is 1. The van der Waals surface area contributed by atoms with Crippen molar-refractivity contribution in [2.24, 2.45) is 0 Å². The van der Waals surface area contributed by atoms with Gasteiger partial charge in [-0.05, 0) is 25.8 Å². The maximum absolute atomic E-state index is 12.0. The number of halogens is 1. The fourth-order valence-corrected chi connectivity index (χ4v) is 2.49. The summed E-state index contributed by atoms with van der Waals surface area (Å²) in [7, 11) is 1.25. The second-order valence-corrected chi connectivity index (χ2v) is 5.30. The van der Waals surface area contributed by atoms with Gasteiger partial charge in [-0.1, -0.05) is 11.6 Å². The summed E-state index contributed by atoms with van der Waals surface area (Å²) in [5.41, 5.74) is -0.0214. The molecule has 116 valence electrons. The van der Waals surface area contributed by atoms with E-state index in [2.05, 4.69) is 20.5 Å². The number of carbonyl (C=O) groups excluding carboxylic acids is 1. The molecule has 0 saturated carbocycles. The van der Waals surface area contributed by atoms with E-state index in [1.807, 2.05) is 0 Å². The van der Waals surface area contributed by atoms with Crippen molar-refractivity contribution in [1.82, 2.24) is 15.1 Å². The monoisotopic (exact) mass is 314 g/mol. The Kier molecular flexibility index (Phi) is 5.58. The highest BCUT2D eigenvalue weighted by Gasteiger charge is 2.15. The van der Waals surface area contributed by atoms with Gasteiger partial charge in [-0.25, -0.2) is 4.68 Å². The van der Waals surface area contributed by atoms with E-state index < -0.39 is 11.5 Å². The van der Waals surface area contributed by atoms with Crippen LogP contribution in [0.15, 0.2) is 11.0 Å². The summed E-state index contributed by atoms with van der Waals surface area (Å²) in [5.74, 6) is -0.548. The molecule has 1 saturated heterocycles. The molecule has 1 fully saturated rings.